The lowest BCUT2D eigenvalue weighted by Gasteiger charge is -2.21. The molecule has 3 amide bonds. The monoisotopic (exact) mass is 509 g/mol. The second-order valence-electron chi connectivity index (χ2n) is 8.31. The lowest BCUT2D eigenvalue weighted by molar-refractivity contribution is -0.129. The van der Waals surface area contributed by atoms with E-state index in [4.69, 9.17) is 5.73 Å². The average Bonchev–Trinajstić information content (AvgIpc) is 2.82. The number of amides is 3. The van der Waals surface area contributed by atoms with Gasteiger partial charge in [0.1, 0.15) is 18.1 Å². The molecule has 0 bridgehead atoms. The fourth-order valence-corrected chi connectivity index (χ4v) is 4.00. The average molecular weight is 510 g/mol. The number of nitrogens with one attached hydrogen (secondary N) is 3. The number of aromatic hydroxyl groups is 1. The third-order valence-corrected chi connectivity index (χ3v) is 6.01. The van der Waals surface area contributed by atoms with E-state index in [-0.39, 0.29) is 35.8 Å². The molecular weight excluding hydrogens is 470 g/mol. The Bertz CT molecular complexity index is 793. The van der Waals surface area contributed by atoms with Crippen molar-refractivity contribution in [2.45, 2.75) is 44.7 Å². The van der Waals surface area contributed by atoms with Crippen LogP contribution in [0.2, 0.25) is 0 Å². The molecule has 11 heteroatoms. The van der Waals surface area contributed by atoms with Crippen LogP contribution >= 0.6 is 11.8 Å². The van der Waals surface area contributed by atoms with Crippen molar-refractivity contribution < 1.29 is 24.3 Å². The summed E-state index contributed by atoms with van der Waals surface area (Å²) in [7, 11) is 1.86. The summed E-state index contributed by atoms with van der Waals surface area (Å²) in [6.07, 6.45) is 3.02. The van der Waals surface area contributed by atoms with Gasteiger partial charge in [-0.05, 0) is 63.5 Å². The van der Waals surface area contributed by atoms with E-state index >= 15 is 0 Å². The van der Waals surface area contributed by atoms with Crippen LogP contribution in [0.4, 0.5) is 0 Å². The molecule has 0 aliphatic heterocycles. The Morgan fingerprint density at radius 1 is 1.17 bits per heavy atom. The van der Waals surface area contributed by atoms with Crippen molar-refractivity contribution in [3.05, 3.63) is 29.8 Å². The number of phenolic OH excluding ortho intramolecular Hbond substituents is 1. The number of thioether (sulfide) groups is 1. The molecule has 1 rings (SSSR count). The highest BCUT2D eigenvalue weighted by molar-refractivity contribution is 7.99. The lowest BCUT2D eigenvalue weighted by Crippen LogP contribution is -2.49. The largest absolute Gasteiger partial charge is 0.508 e. The van der Waals surface area contributed by atoms with E-state index < -0.39 is 12.1 Å². The van der Waals surface area contributed by atoms with Gasteiger partial charge < -0.3 is 31.6 Å². The molecule has 0 aliphatic rings. The maximum absolute atomic E-state index is 12.5. The first-order valence-corrected chi connectivity index (χ1v) is 13.0. The summed E-state index contributed by atoms with van der Waals surface area (Å²) in [5, 5.41) is 17.6. The maximum Gasteiger partial charge on any atom is 0.242 e. The topological polar surface area (TPSA) is 154 Å². The van der Waals surface area contributed by atoms with Crippen LogP contribution < -0.4 is 21.7 Å². The number of nitrogens with two attached hydrogens (primary N) is 1. The Kier molecular flexibility index (Phi) is 15.4. The molecule has 10 nitrogen and oxygen atoms in total. The highest BCUT2D eigenvalue weighted by Crippen LogP contribution is 2.11. The summed E-state index contributed by atoms with van der Waals surface area (Å²) in [4.78, 5) is 50.2. The molecule has 0 aliphatic carbocycles. The van der Waals surface area contributed by atoms with Gasteiger partial charge in [-0.25, -0.2) is 0 Å². The van der Waals surface area contributed by atoms with E-state index in [9.17, 15) is 24.3 Å². The minimum Gasteiger partial charge on any atom is -0.508 e. The van der Waals surface area contributed by atoms with Gasteiger partial charge in [-0.1, -0.05) is 19.1 Å². The van der Waals surface area contributed by atoms with Crippen LogP contribution in [0.5, 0.6) is 5.75 Å². The van der Waals surface area contributed by atoms with Crippen LogP contribution in [0.3, 0.4) is 0 Å². The van der Waals surface area contributed by atoms with Crippen LogP contribution in [0.25, 0.3) is 0 Å². The van der Waals surface area contributed by atoms with Gasteiger partial charge in [-0.15, -0.1) is 0 Å². The second kappa shape index (κ2) is 17.8. The molecule has 1 aromatic rings. The Balaban J connectivity index is 2.35. The van der Waals surface area contributed by atoms with Crippen LogP contribution in [-0.2, 0) is 25.6 Å². The Hall–Kier alpha value is -2.63. The summed E-state index contributed by atoms with van der Waals surface area (Å²) >= 11 is 1.33. The van der Waals surface area contributed by atoms with Crippen molar-refractivity contribution >= 4 is 35.8 Å². The molecular formula is C24H39N5O5S. The highest BCUT2D eigenvalue weighted by atomic mass is 32.2. The predicted octanol–water partition coefficient (Wildman–Crippen LogP) is 0.0333. The number of carbonyl (C=O) groups is 4. The quantitative estimate of drug-likeness (QED) is 0.137. The normalized spacial score (nSPS) is 12.6. The van der Waals surface area contributed by atoms with E-state index in [2.05, 4.69) is 16.0 Å². The summed E-state index contributed by atoms with van der Waals surface area (Å²) in [5.74, 6) is 0.0243. The van der Waals surface area contributed by atoms with E-state index in [0.717, 1.165) is 18.5 Å². The Morgan fingerprint density at radius 3 is 2.51 bits per heavy atom. The molecule has 0 saturated heterocycles. The number of aldehydes is 1. The number of nitrogens with zero attached hydrogens (tertiary/aromatic N) is 1. The van der Waals surface area contributed by atoms with Crippen molar-refractivity contribution in [1.82, 2.24) is 20.9 Å². The molecule has 0 heterocycles. The number of carbonyl (C=O) groups excluding carboxylic acids is 4. The van der Waals surface area contributed by atoms with Crippen LogP contribution in [0.15, 0.2) is 24.3 Å². The first-order chi connectivity index (χ1) is 16.8. The summed E-state index contributed by atoms with van der Waals surface area (Å²) in [5.41, 5.74) is 6.39. The molecule has 0 unspecified atom stereocenters. The summed E-state index contributed by atoms with van der Waals surface area (Å²) in [6.45, 7) is 3.81. The van der Waals surface area contributed by atoms with E-state index in [0.29, 0.717) is 44.4 Å². The zero-order valence-corrected chi connectivity index (χ0v) is 21.4. The molecule has 35 heavy (non-hydrogen) atoms. The van der Waals surface area contributed by atoms with Crippen molar-refractivity contribution in [3.8, 4) is 5.75 Å². The van der Waals surface area contributed by atoms with Gasteiger partial charge >= 0.3 is 0 Å². The molecule has 0 saturated carbocycles. The summed E-state index contributed by atoms with van der Waals surface area (Å²) < 4.78 is 0. The standard InChI is InChI=1S/C24H39N5O5S/c1-3-12-29(2)15-22(32)28-21(5-4-10-25)24(34)26-11-13-35-17-23(33)27-19(16-30)14-18-6-8-20(31)9-7-18/h6-9,16,19,21,31H,3-5,10-15,17,25H2,1-2H3,(H,26,34)(H,27,33)(H,28,32)/t19-,21-/m0/s1. The first-order valence-electron chi connectivity index (χ1n) is 11.8. The second-order valence-corrected chi connectivity index (χ2v) is 9.42. The number of rotatable bonds is 18. The van der Waals surface area contributed by atoms with Gasteiger partial charge in [-0.3, -0.25) is 19.3 Å². The van der Waals surface area contributed by atoms with Gasteiger partial charge in [0.2, 0.25) is 17.7 Å². The maximum atomic E-state index is 12.5. The van der Waals surface area contributed by atoms with E-state index in [1.165, 1.54) is 23.9 Å². The molecule has 196 valence electrons. The van der Waals surface area contributed by atoms with Crippen molar-refractivity contribution in [1.29, 1.82) is 0 Å². The Labute approximate surface area is 211 Å². The molecule has 0 radical (unpaired) electrons. The SMILES string of the molecule is CCCN(C)CC(=O)N[C@@H](CCCN)C(=O)NCCSCC(=O)N[C@H](C=O)Cc1ccc(O)cc1. The minimum atomic E-state index is -0.657. The van der Waals surface area contributed by atoms with Crippen molar-refractivity contribution in [2.24, 2.45) is 5.73 Å². The number of hydrogen-bond acceptors (Lipinski definition) is 8. The predicted molar refractivity (Wildman–Crippen MR) is 138 cm³/mol. The van der Waals surface area contributed by atoms with Gasteiger partial charge in [0, 0.05) is 12.3 Å². The van der Waals surface area contributed by atoms with Crippen molar-refractivity contribution in [2.75, 3.05) is 44.7 Å². The molecule has 2 atom stereocenters. The van der Waals surface area contributed by atoms with Crippen LogP contribution in [0.1, 0.15) is 31.7 Å². The lowest BCUT2D eigenvalue weighted by atomic mass is 10.1. The van der Waals surface area contributed by atoms with Crippen LogP contribution in [-0.4, -0.2) is 90.8 Å². The van der Waals surface area contributed by atoms with E-state index in [1.54, 1.807) is 12.1 Å². The smallest absolute Gasteiger partial charge is 0.242 e. The molecule has 0 fully saturated rings. The number of likely N-dealkylation sites (N-methyl/N-ethyl adjacent to an activating group) is 1. The number of hydrogen-bond donors (Lipinski definition) is 5. The van der Waals surface area contributed by atoms with Gasteiger partial charge in [0.15, 0.2) is 0 Å². The third kappa shape index (κ3) is 13.7. The van der Waals surface area contributed by atoms with Crippen molar-refractivity contribution in [3.63, 3.8) is 0 Å². The number of benzene rings is 1. The van der Waals surface area contributed by atoms with E-state index in [1.807, 2.05) is 18.9 Å². The van der Waals surface area contributed by atoms with Gasteiger partial charge in [0.05, 0.1) is 18.3 Å². The molecule has 1 aromatic carbocycles. The Morgan fingerprint density at radius 2 is 1.89 bits per heavy atom. The molecule has 0 spiro atoms. The molecule has 0 aromatic heterocycles. The zero-order chi connectivity index (χ0) is 26.1. The number of phenols is 1. The zero-order valence-electron chi connectivity index (χ0n) is 20.6. The van der Waals surface area contributed by atoms with Gasteiger partial charge in [-0.2, -0.15) is 11.8 Å². The van der Waals surface area contributed by atoms with Crippen LogP contribution in [0, 0.1) is 0 Å². The fourth-order valence-electron chi connectivity index (χ4n) is 3.34. The molecule has 6 N–H and O–H groups in total. The first kappa shape index (κ1) is 30.4. The minimum absolute atomic E-state index is 0.136. The fraction of sp³-hybridized carbons (Fsp3) is 0.583. The van der Waals surface area contributed by atoms with Gasteiger partial charge in [0.25, 0.3) is 0 Å². The summed E-state index contributed by atoms with van der Waals surface area (Å²) in [6, 6.07) is 5.14. The highest BCUT2D eigenvalue weighted by Gasteiger charge is 2.20. The third-order valence-electron chi connectivity index (χ3n) is 5.05.